The Balaban J connectivity index is 1.94. The van der Waals surface area contributed by atoms with Gasteiger partial charge in [0.2, 0.25) is 0 Å². The summed E-state index contributed by atoms with van der Waals surface area (Å²) >= 11 is 0. The zero-order valence-electron chi connectivity index (χ0n) is 12.4. The molecule has 20 heavy (non-hydrogen) atoms. The first kappa shape index (κ1) is 15.0. The molecule has 1 heterocycles. The molecule has 1 aliphatic heterocycles. The smallest absolute Gasteiger partial charge is 0.251 e. The van der Waals surface area contributed by atoms with Crippen LogP contribution in [0.2, 0.25) is 0 Å². The fourth-order valence-corrected chi connectivity index (χ4v) is 2.71. The van der Waals surface area contributed by atoms with Gasteiger partial charge in [0.25, 0.3) is 5.91 Å². The first-order valence-corrected chi connectivity index (χ1v) is 7.20. The highest BCUT2D eigenvalue weighted by Gasteiger charge is 2.32. The van der Waals surface area contributed by atoms with Gasteiger partial charge in [-0.2, -0.15) is 0 Å². The van der Waals surface area contributed by atoms with Crippen molar-refractivity contribution >= 4 is 5.91 Å². The molecule has 0 atom stereocenters. The normalized spacial score (nSPS) is 17.7. The van der Waals surface area contributed by atoms with E-state index in [1.807, 2.05) is 31.2 Å². The van der Waals surface area contributed by atoms with Crippen molar-refractivity contribution in [3.8, 4) is 0 Å². The number of benzene rings is 1. The molecular weight excluding hydrogens is 252 g/mol. The highest BCUT2D eigenvalue weighted by Crippen LogP contribution is 2.28. The maximum atomic E-state index is 12.2. The minimum absolute atomic E-state index is 0.000916. The maximum absolute atomic E-state index is 12.2. The molecule has 1 aromatic carbocycles. The van der Waals surface area contributed by atoms with Crippen LogP contribution in [0.4, 0.5) is 0 Å². The molecule has 0 aliphatic carbocycles. The van der Waals surface area contributed by atoms with Crippen molar-refractivity contribution < 1.29 is 9.53 Å². The van der Waals surface area contributed by atoms with Crippen LogP contribution < -0.4 is 10.6 Å². The van der Waals surface area contributed by atoms with Crippen LogP contribution in [0.3, 0.4) is 0 Å². The van der Waals surface area contributed by atoms with E-state index in [4.69, 9.17) is 4.74 Å². The Morgan fingerprint density at radius 2 is 1.95 bits per heavy atom. The lowest BCUT2D eigenvalue weighted by Crippen LogP contribution is -2.47. The second kappa shape index (κ2) is 6.86. The summed E-state index contributed by atoms with van der Waals surface area (Å²) in [6.07, 6.45) is 2.07. The van der Waals surface area contributed by atoms with Gasteiger partial charge in [-0.3, -0.25) is 4.79 Å². The van der Waals surface area contributed by atoms with Gasteiger partial charge in [-0.1, -0.05) is 17.7 Å². The van der Waals surface area contributed by atoms with E-state index in [-0.39, 0.29) is 11.3 Å². The van der Waals surface area contributed by atoms with Gasteiger partial charge in [-0.05, 0) is 45.0 Å². The van der Waals surface area contributed by atoms with E-state index in [0.717, 1.165) is 37.1 Å². The molecule has 2 rings (SSSR count). The Labute approximate surface area is 120 Å². The van der Waals surface area contributed by atoms with E-state index in [1.165, 1.54) is 0 Å². The number of aryl methyl sites for hydroxylation is 1. The van der Waals surface area contributed by atoms with Crippen molar-refractivity contribution in [3.63, 3.8) is 0 Å². The summed E-state index contributed by atoms with van der Waals surface area (Å²) in [5, 5.41) is 6.42. The van der Waals surface area contributed by atoms with Gasteiger partial charge in [-0.15, -0.1) is 0 Å². The Bertz CT molecular complexity index is 431. The quantitative estimate of drug-likeness (QED) is 0.861. The number of methoxy groups -OCH3 is 1. The van der Waals surface area contributed by atoms with Crippen molar-refractivity contribution in [2.45, 2.75) is 19.8 Å². The average Bonchev–Trinajstić information content (AvgIpc) is 2.47. The van der Waals surface area contributed by atoms with Crippen molar-refractivity contribution in [1.82, 2.24) is 10.6 Å². The third kappa shape index (κ3) is 3.81. The molecule has 0 aromatic heterocycles. The van der Waals surface area contributed by atoms with Crippen molar-refractivity contribution in [1.29, 1.82) is 0 Å². The van der Waals surface area contributed by atoms with Crippen molar-refractivity contribution in [2.24, 2.45) is 5.41 Å². The number of carbonyl (C=O) groups excluding carboxylic acids is 1. The summed E-state index contributed by atoms with van der Waals surface area (Å²) in [6, 6.07) is 7.67. The highest BCUT2D eigenvalue weighted by atomic mass is 16.5. The van der Waals surface area contributed by atoms with Gasteiger partial charge in [0.15, 0.2) is 0 Å². The first-order valence-electron chi connectivity index (χ1n) is 7.20. The van der Waals surface area contributed by atoms with E-state index in [9.17, 15) is 4.79 Å². The second-order valence-corrected chi connectivity index (χ2v) is 5.73. The number of hydrogen-bond acceptors (Lipinski definition) is 3. The molecular formula is C16H24N2O2. The molecule has 0 radical (unpaired) electrons. The zero-order chi connectivity index (χ0) is 14.4. The summed E-state index contributed by atoms with van der Waals surface area (Å²) in [4.78, 5) is 12.2. The Morgan fingerprint density at radius 3 is 2.55 bits per heavy atom. The molecule has 4 nitrogen and oxygen atoms in total. The lowest BCUT2D eigenvalue weighted by molar-refractivity contribution is 0.0512. The molecule has 2 N–H and O–H groups in total. The second-order valence-electron chi connectivity index (χ2n) is 5.73. The van der Waals surface area contributed by atoms with Crippen LogP contribution in [0.1, 0.15) is 28.8 Å². The minimum atomic E-state index is -0.000916. The molecule has 1 aromatic rings. The maximum Gasteiger partial charge on any atom is 0.251 e. The monoisotopic (exact) mass is 276 g/mol. The van der Waals surface area contributed by atoms with Crippen LogP contribution in [0.15, 0.2) is 24.3 Å². The molecule has 1 saturated heterocycles. The predicted octanol–water partition coefficient (Wildman–Crippen LogP) is 1.74. The topological polar surface area (TPSA) is 50.4 Å². The predicted molar refractivity (Wildman–Crippen MR) is 79.9 cm³/mol. The van der Waals surface area contributed by atoms with E-state index in [2.05, 4.69) is 10.6 Å². The van der Waals surface area contributed by atoms with E-state index in [1.54, 1.807) is 7.11 Å². The molecule has 0 unspecified atom stereocenters. The third-order valence-corrected chi connectivity index (χ3v) is 4.05. The fraction of sp³-hybridized carbons (Fsp3) is 0.562. The summed E-state index contributed by atoms with van der Waals surface area (Å²) in [6.45, 7) is 5.37. The Hall–Kier alpha value is -1.39. The van der Waals surface area contributed by atoms with Gasteiger partial charge in [-0.25, -0.2) is 0 Å². The standard InChI is InChI=1S/C16H24N2O2/c1-13-3-5-14(6-4-13)15(19)18-11-16(12-20-2)7-9-17-10-8-16/h3-6,17H,7-12H2,1-2H3,(H,18,19). The van der Waals surface area contributed by atoms with E-state index >= 15 is 0 Å². The van der Waals surface area contributed by atoms with Crippen LogP contribution in [0.25, 0.3) is 0 Å². The number of ether oxygens (including phenoxy) is 1. The Morgan fingerprint density at radius 1 is 1.30 bits per heavy atom. The summed E-state index contributed by atoms with van der Waals surface area (Å²) in [5.74, 6) is -0.000916. The fourth-order valence-electron chi connectivity index (χ4n) is 2.71. The molecule has 1 amide bonds. The van der Waals surface area contributed by atoms with E-state index in [0.29, 0.717) is 13.2 Å². The summed E-state index contributed by atoms with van der Waals surface area (Å²) in [7, 11) is 1.73. The highest BCUT2D eigenvalue weighted by molar-refractivity contribution is 5.94. The average molecular weight is 276 g/mol. The number of piperidine rings is 1. The third-order valence-electron chi connectivity index (χ3n) is 4.05. The molecule has 0 bridgehead atoms. The lowest BCUT2D eigenvalue weighted by atomic mass is 9.79. The number of rotatable bonds is 5. The van der Waals surface area contributed by atoms with Crippen LogP contribution in [0, 0.1) is 12.3 Å². The molecule has 0 saturated carbocycles. The van der Waals surface area contributed by atoms with E-state index < -0.39 is 0 Å². The first-order chi connectivity index (χ1) is 9.65. The SMILES string of the molecule is COCC1(CNC(=O)c2ccc(C)cc2)CCNCC1. The number of amides is 1. The molecule has 1 aliphatic rings. The van der Waals surface area contributed by atoms with Crippen molar-refractivity contribution in [3.05, 3.63) is 35.4 Å². The van der Waals surface area contributed by atoms with Gasteiger partial charge in [0.05, 0.1) is 6.61 Å². The Kier molecular flexibility index (Phi) is 5.15. The lowest BCUT2D eigenvalue weighted by Gasteiger charge is -2.37. The minimum Gasteiger partial charge on any atom is -0.384 e. The number of nitrogens with one attached hydrogen (secondary N) is 2. The van der Waals surface area contributed by atoms with Gasteiger partial charge >= 0.3 is 0 Å². The van der Waals surface area contributed by atoms with Crippen molar-refractivity contribution in [2.75, 3.05) is 33.4 Å². The van der Waals surface area contributed by atoms with Gasteiger partial charge in [0.1, 0.15) is 0 Å². The van der Waals surface area contributed by atoms with Crippen LogP contribution >= 0.6 is 0 Å². The zero-order valence-corrected chi connectivity index (χ0v) is 12.4. The van der Waals surface area contributed by atoms with Gasteiger partial charge < -0.3 is 15.4 Å². The van der Waals surface area contributed by atoms with Crippen LogP contribution in [0.5, 0.6) is 0 Å². The largest absolute Gasteiger partial charge is 0.384 e. The summed E-state index contributed by atoms with van der Waals surface area (Å²) < 4.78 is 5.36. The number of hydrogen-bond donors (Lipinski definition) is 2. The molecule has 4 heteroatoms. The number of carbonyl (C=O) groups is 1. The molecule has 110 valence electrons. The molecule has 0 spiro atoms. The summed E-state index contributed by atoms with van der Waals surface area (Å²) in [5.41, 5.74) is 1.95. The van der Waals surface area contributed by atoms with Gasteiger partial charge in [0, 0.05) is 24.6 Å². The molecule has 1 fully saturated rings. The van der Waals surface area contributed by atoms with Crippen LogP contribution in [-0.4, -0.2) is 39.3 Å². The van der Waals surface area contributed by atoms with Crippen LogP contribution in [-0.2, 0) is 4.74 Å².